The van der Waals surface area contributed by atoms with Crippen molar-refractivity contribution in [1.82, 2.24) is 14.7 Å². The average molecular weight is 475 g/mol. The number of hydrogen-bond acceptors (Lipinski definition) is 6. The molecule has 1 N–H and O–H groups in total. The predicted octanol–water partition coefficient (Wildman–Crippen LogP) is 4.31. The number of alkyl halides is 2. The Balaban J connectivity index is 1.70. The molecular formula is C24H27F2N3O5. The van der Waals surface area contributed by atoms with Crippen molar-refractivity contribution in [2.24, 2.45) is 0 Å². The third-order valence-corrected chi connectivity index (χ3v) is 5.56. The van der Waals surface area contributed by atoms with E-state index in [1.54, 1.807) is 42.1 Å². The van der Waals surface area contributed by atoms with Crippen LogP contribution in [0.2, 0.25) is 0 Å². The van der Waals surface area contributed by atoms with E-state index in [1.807, 2.05) is 13.8 Å². The molecule has 3 aromatic rings. The molecule has 1 aromatic carbocycles. The lowest BCUT2D eigenvalue weighted by atomic mass is 10.1. The maximum Gasteiger partial charge on any atom is 0.387 e. The lowest BCUT2D eigenvalue weighted by Gasteiger charge is -2.22. The van der Waals surface area contributed by atoms with Crippen molar-refractivity contribution in [3.05, 3.63) is 42.2 Å². The fraction of sp³-hybridized carbons (Fsp3) is 0.417. The summed E-state index contributed by atoms with van der Waals surface area (Å²) >= 11 is 0. The van der Waals surface area contributed by atoms with Crippen LogP contribution >= 0.6 is 0 Å². The Bertz CT molecular complexity index is 1190. The van der Waals surface area contributed by atoms with E-state index in [9.17, 15) is 13.6 Å². The van der Waals surface area contributed by atoms with Gasteiger partial charge in [0.05, 0.1) is 24.6 Å². The first-order valence-corrected chi connectivity index (χ1v) is 10.8. The van der Waals surface area contributed by atoms with E-state index >= 15 is 0 Å². The zero-order valence-electron chi connectivity index (χ0n) is 19.4. The van der Waals surface area contributed by atoms with E-state index in [0.717, 1.165) is 12.8 Å². The van der Waals surface area contributed by atoms with Gasteiger partial charge < -0.3 is 24.3 Å². The van der Waals surface area contributed by atoms with E-state index in [4.69, 9.17) is 18.9 Å². The van der Waals surface area contributed by atoms with Gasteiger partial charge in [-0.3, -0.25) is 9.20 Å². The summed E-state index contributed by atoms with van der Waals surface area (Å²) < 4.78 is 49.5. The number of halogens is 2. The standard InChI is InChI=1S/C24H27F2N3O5/c1-24(2,32-4)13-33-16-7-8-29-17(12-27-20(29)11-16)14-9-18(31-3)21(19(10-14)34-23(25)26)22(30)28-15-5-6-15/h7-12,15,23H,5-6,13H2,1-4H3,(H,28,30). The van der Waals surface area contributed by atoms with Crippen molar-refractivity contribution < 1.29 is 32.5 Å². The molecule has 1 aliphatic carbocycles. The van der Waals surface area contributed by atoms with Crippen molar-refractivity contribution in [3.63, 3.8) is 0 Å². The molecule has 1 aliphatic rings. The molecule has 34 heavy (non-hydrogen) atoms. The lowest BCUT2D eigenvalue weighted by molar-refractivity contribution is -0.0502. The summed E-state index contributed by atoms with van der Waals surface area (Å²) in [5, 5.41) is 2.79. The Labute approximate surface area is 195 Å². The van der Waals surface area contributed by atoms with Crippen LogP contribution in [-0.2, 0) is 4.74 Å². The molecule has 182 valence electrons. The first-order valence-electron chi connectivity index (χ1n) is 10.8. The van der Waals surface area contributed by atoms with Gasteiger partial charge in [0, 0.05) is 31.0 Å². The summed E-state index contributed by atoms with van der Waals surface area (Å²) in [5.74, 6) is -0.0381. The number of benzene rings is 1. The number of carbonyl (C=O) groups is 1. The van der Waals surface area contributed by atoms with Gasteiger partial charge in [0.1, 0.15) is 35.1 Å². The summed E-state index contributed by atoms with van der Waals surface area (Å²) in [6, 6.07) is 6.58. The van der Waals surface area contributed by atoms with Gasteiger partial charge in [-0.1, -0.05) is 0 Å². The highest BCUT2D eigenvalue weighted by atomic mass is 19.3. The molecule has 0 atom stereocenters. The van der Waals surface area contributed by atoms with Crippen molar-refractivity contribution in [3.8, 4) is 28.5 Å². The first kappa shape index (κ1) is 23.7. The number of rotatable bonds is 10. The second-order valence-corrected chi connectivity index (χ2v) is 8.66. The fourth-order valence-electron chi connectivity index (χ4n) is 3.38. The van der Waals surface area contributed by atoms with Gasteiger partial charge in [0.2, 0.25) is 0 Å². The number of imidazole rings is 1. The third-order valence-electron chi connectivity index (χ3n) is 5.56. The molecule has 0 spiro atoms. The van der Waals surface area contributed by atoms with Gasteiger partial charge in [-0.05, 0) is 44.9 Å². The number of hydrogen-bond donors (Lipinski definition) is 1. The Kier molecular flexibility index (Phi) is 6.60. The zero-order valence-corrected chi connectivity index (χ0v) is 19.4. The van der Waals surface area contributed by atoms with Crippen LogP contribution in [0.1, 0.15) is 37.0 Å². The molecule has 4 rings (SSSR count). The van der Waals surface area contributed by atoms with Crippen LogP contribution in [0, 0.1) is 0 Å². The zero-order chi connectivity index (χ0) is 24.5. The topological polar surface area (TPSA) is 83.3 Å². The molecule has 1 amide bonds. The Hall–Kier alpha value is -3.40. The van der Waals surface area contributed by atoms with E-state index in [-0.39, 0.29) is 23.1 Å². The second-order valence-electron chi connectivity index (χ2n) is 8.66. The maximum atomic E-state index is 13.2. The van der Waals surface area contributed by atoms with Crippen LogP contribution in [0.25, 0.3) is 16.9 Å². The molecule has 0 saturated heterocycles. The van der Waals surface area contributed by atoms with Crippen LogP contribution < -0.4 is 19.5 Å². The highest BCUT2D eigenvalue weighted by Gasteiger charge is 2.29. The number of nitrogens with one attached hydrogen (secondary N) is 1. The predicted molar refractivity (Wildman–Crippen MR) is 121 cm³/mol. The highest BCUT2D eigenvalue weighted by molar-refractivity contribution is 6.01. The van der Waals surface area contributed by atoms with E-state index in [2.05, 4.69) is 10.3 Å². The molecule has 0 bridgehead atoms. The number of nitrogens with zero attached hydrogens (tertiary/aromatic N) is 2. The smallest absolute Gasteiger partial charge is 0.387 e. The van der Waals surface area contributed by atoms with Crippen LogP contribution in [0.5, 0.6) is 17.2 Å². The van der Waals surface area contributed by atoms with Crippen molar-refractivity contribution in [2.45, 2.75) is 44.9 Å². The van der Waals surface area contributed by atoms with Gasteiger partial charge in [-0.15, -0.1) is 0 Å². The number of fused-ring (bicyclic) bond motifs is 1. The molecule has 1 fully saturated rings. The minimum Gasteiger partial charge on any atom is -0.496 e. The van der Waals surface area contributed by atoms with Crippen molar-refractivity contribution >= 4 is 11.6 Å². The number of amides is 1. The van der Waals surface area contributed by atoms with Crippen LogP contribution in [0.4, 0.5) is 8.78 Å². The molecule has 2 aromatic heterocycles. The molecule has 0 aliphatic heterocycles. The molecule has 0 unspecified atom stereocenters. The summed E-state index contributed by atoms with van der Waals surface area (Å²) in [6.07, 6.45) is 5.07. The Morgan fingerprint density at radius 1 is 1.24 bits per heavy atom. The normalized spacial score (nSPS) is 13.9. The quantitative estimate of drug-likeness (QED) is 0.471. The van der Waals surface area contributed by atoms with Crippen LogP contribution in [-0.4, -0.2) is 54.4 Å². The van der Waals surface area contributed by atoms with E-state index < -0.39 is 18.1 Å². The molecular weight excluding hydrogens is 448 g/mol. The van der Waals surface area contributed by atoms with Crippen molar-refractivity contribution in [1.29, 1.82) is 0 Å². The second kappa shape index (κ2) is 9.46. The summed E-state index contributed by atoms with van der Waals surface area (Å²) in [5.41, 5.74) is 1.18. The lowest BCUT2D eigenvalue weighted by Crippen LogP contribution is -2.30. The molecule has 1 saturated carbocycles. The minimum atomic E-state index is -3.11. The highest BCUT2D eigenvalue weighted by Crippen LogP contribution is 2.37. The number of pyridine rings is 1. The first-order chi connectivity index (χ1) is 16.2. The van der Waals surface area contributed by atoms with E-state index in [1.165, 1.54) is 13.2 Å². The van der Waals surface area contributed by atoms with Crippen molar-refractivity contribution in [2.75, 3.05) is 20.8 Å². The van der Waals surface area contributed by atoms with Crippen LogP contribution in [0.3, 0.4) is 0 Å². The Morgan fingerprint density at radius 3 is 2.62 bits per heavy atom. The monoisotopic (exact) mass is 475 g/mol. The third kappa shape index (κ3) is 5.22. The SMILES string of the molecule is COc1cc(-c2cnc3cc(OCC(C)(C)OC)ccn23)cc(OC(F)F)c1C(=O)NC1CC1. The number of aromatic nitrogens is 2. The summed E-state index contributed by atoms with van der Waals surface area (Å²) in [6.45, 7) is 1.08. The Morgan fingerprint density at radius 2 is 1.97 bits per heavy atom. The van der Waals surface area contributed by atoms with Gasteiger partial charge in [-0.25, -0.2) is 4.98 Å². The largest absolute Gasteiger partial charge is 0.496 e. The fourth-order valence-corrected chi connectivity index (χ4v) is 3.38. The maximum absolute atomic E-state index is 13.2. The van der Waals surface area contributed by atoms with Gasteiger partial charge >= 0.3 is 6.61 Å². The molecule has 10 heteroatoms. The number of carbonyl (C=O) groups excluding carboxylic acids is 1. The van der Waals surface area contributed by atoms with Crippen LogP contribution in [0.15, 0.2) is 36.7 Å². The van der Waals surface area contributed by atoms with Gasteiger partial charge in [-0.2, -0.15) is 8.78 Å². The van der Waals surface area contributed by atoms with Gasteiger partial charge in [0.15, 0.2) is 0 Å². The van der Waals surface area contributed by atoms with Gasteiger partial charge in [0.25, 0.3) is 5.91 Å². The number of ether oxygens (including phenoxy) is 4. The number of methoxy groups -OCH3 is 2. The minimum absolute atomic E-state index is 0.0425. The summed E-state index contributed by atoms with van der Waals surface area (Å²) in [7, 11) is 2.99. The summed E-state index contributed by atoms with van der Waals surface area (Å²) in [4.78, 5) is 17.1. The molecule has 0 radical (unpaired) electrons. The average Bonchev–Trinajstić information content (AvgIpc) is 3.51. The van der Waals surface area contributed by atoms with E-state index in [0.29, 0.717) is 29.3 Å². The molecule has 2 heterocycles. The molecule has 8 nitrogen and oxygen atoms in total.